The van der Waals surface area contributed by atoms with Crippen LogP contribution in [0.4, 0.5) is 13.2 Å². The van der Waals surface area contributed by atoms with Gasteiger partial charge in [-0.2, -0.15) is 5.10 Å². The largest absolute Gasteiger partial charge is 0.574 e. The SMILES string of the molecule is Cc1nn(C)c(OC(F)(F)F)c1C(C)(C)C. The summed E-state index contributed by atoms with van der Waals surface area (Å²) in [7, 11) is 1.43. The molecule has 0 fully saturated rings. The number of ether oxygens (including phenoxy) is 1. The summed E-state index contributed by atoms with van der Waals surface area (Å²) in [5.74, 6) is -0.238. The topological polar surface area (TPSA) is 27.1 Å². The Kier molecular flexibility index (Phi) is 2.96. The van der Waals surface area contributed by atoms with Crippen molar-refractivity contribution in [1.82, 2.24) is 9.78 Å². The first-order valence-corrected chi connectivity index (χ1v) is 4.82. The summed E-state index contributed by atoms with van der Waals surface area (Å²) in [4.78, 5) is 0. The third-order valence-electron chi connectivity index (χ3n) is 2.13. The van der Waals surface area contributed by atoms with E-state index in [-0.39, 0.29) is 5.88 Å². The van der Waals surface area contributed by atoms with Gasteiger partial charge in [0.2, 0.25) is 5.88 Å². The summed E-state index contributed by atoms with van der Waals surface area (Å²) in [5, 5.41) is 3.95. The molecule has 1 aromatic rings. The summed E-state index contributed by atoms with van der Waals surface area (Å²) < 4.78 is 41.8. The summed E-state index contributed by atoms with van der Waals surface area (Å²) in [5.41, 5.74) is 0.584. The van der Waals surface area contributed by atoms with Gasteiger partial charge in [-0.05, 0) is 12.3 Å². The first-order valence-electron chi connectivity index (χ1n) is 4.82. The molecule has 0 aromatic carbocycles. The number of alkyl halides is 3. The lowest BCUT2D eigenvalue weighted by Crippen LogP contribution is -2.22. The smallest absolute Gasteiger partial charge is 0.388 e. The Bertz CT molecular complexity index is 388. The molecule has 1 heterocycles. The van der Waals surface area contributed by atoms with E-state index >= 15 is 0 Å². The molecule has 0 N–H and O–H groups in total. The Morgan fingerprint density at radius 1 is 1.19 bits per heavy atom. The van der Waals surface area contributed by atoms with E-state index in [1.165, 1.54) is 7.05 Å². The molecule has 0 bridgehead atoms. The van der Waals surface area contributed by atoms with Crippen molar-refractivity contribution in [1.29, 1.82) is 0 Å². The van der Waals surface area contributed by atoms with E-state index in [2.05, 4.69) is 9.84 Å². The van der Waals surface area contributed by atoms with Crippen molar-refractivity contribution >= 4 is 0 Å². The van der Waals surface area contributed by atoms with E-state index in [9.17, 15) is 13.2 Å². The molecule has 0 amide bonds. The number of aryl methyl sites for hydroxylation is 2. The highest BCUT2D eigenvalue weighted by atomic mass is 19.4. The zero-order valence-electron chi connectivity index (χ0n) is 9.94. The van der Waals surface area contributed by atoms with Crippen molar-refractivity contribution in [2.75, 3.05) is 0 Å². The fraction of sp³-hybridized carbons (Fsp3) is 0.700. The van der Waals surface area contributed by atoms with Crippen LogP contribution in [0.25, 0.3) is 0 Å². The summed E-state index contributed by atoms with van der Waals surface area (Å²) in [6, 6.07) is 0. The number of halogens is 3. The van der Waals surface area contributed by atoms with Gasteiger partial charge in [0, 0.05) is 12.6 Å². The van der Waals surface area contributed by atoms with Gasteiger partial charge in [-0.1, -0.05) is 20.8 Å². The lowest BCUT2D eigenvalue weighted by molar-refractivity contribution is -0.277. The van der Waals surface area contributed by atoms with Crippen LogP contribution < -0.4 is 4.74 Å². The number of aromatic nitrogens is 2. The molecule has 0 spiro atoms. The standard InChI is InChI=1S/C10H15F3N2O/c1-6-7(9(2,3)4)8(15(5)14-6)16-10(11,12)13/h1-5H3. The van der Waals surface area contributed by atoms with Crippen LogP contribution in [-0.2, 0) is 12.5 Å². The molecule has 0 saturated heterocycles. The third kappa shape index (κ3) is 2.68. The van der Waals surface area contributed by atoms with Crippen molar-refractivity contribution < 1.29 is 17.9 Å². The van der Waals surface area contributed by atoms with Gasteiger partial charge in [0.05, 0.1) is 5.69 Å². The highest BCUT2D eigenvalue weighted by Gasteiger charge is 2.36. The third-order valence-corrected chi connectivity index (χ3v) is 2.13. The van der Waals surface area contributed by atoms with E-state index in [0.717, 1.165) is 4.68 Å². The average Bonchev–Trinajstić information content (AvgIpc) is 2.21. The fourth-order valence-electron chi connectivity index (χ4n) is 1.73. The lowest BCUT2D eigenvalue weighted by atomic mass is 9.87. The van der Waals surface area contributed by atoms with Crippen molar-refractivity contribution in [2.24, 2.45) is 7.05 Å². The van der Waals surface area contributed by atoms with Gasteiger partial charge < -0.3 is 4.74 Å². The van der Waals surface area contributed by atoms with Gasteiger partial charge in [0.1, 0.15) is 0 Å². The number of hydrogen-bond donors (Lipinski definition) is 0. The summed E-state index contributed by atoms with van der Waals surface area (Å²) in [6.45, 7) is 7.13. The van der Waals surface area contributed by atoms with Crippen LogP contribution in [0.3, 0.4) is 0 Å². The van der Waals surface area contributed by atoms with Crippen LogP contribution in [0, 0.1) is 6.92 Å². The zero-order valence-corrected chi connectivity index (χ0v) is 9.94. The Labute approximate surface area is 92.2 Å². The summed E-state index contributed by atoms with van der Waals surface area (Å²) in [6.07, 6.45) is -4.69. The highest BCUT2D eigenvalue weighted by molar-refractivity contribution is 5.37. The van der Waals surface area contributed by atoms with E-state index < -0.39 is 11.8 Å². The maximum absolute atomic E-state index is 12.2. The van der Waals surface area contributed by atoms with Gasteiger partial charge in [-0.15, -0.1) is 13.2 Å². The number of hydrogen-bond acceptors (Lipinski definition) is 2. The predicted molar refractivity (Wildman–Crippen MR) is 53.3 cm³/mol. The Balaban J connectivity index is 3.27. The Hall–Kier alpha value is -1.20. The van der Waals surface area contributed by atoms with Crippen molar-refractivity contribution in [3.05, 3.63) is 11.3 Å². The monoisotopic (exact) mass is 236 g/mol. The van der Waals surface area contributed by atoms with Crippen LogP contribution in [-0.4, -0.2) is 16.1 Å². The molecule has 0 radical (unpaired) electrons. The minimum atomic E-state index is -4.69. The van der Waals surface area contributed by atoms with Crippen LogP contribution in [0.2, 0.25) is 0 Å². The van der Waals surface area contributed by atoms with Crippen LogP contribution in [0.5, 0.6) is 5.88 Å². The molecule has 1 aromatic heterocycles. The molecule has 0 atom stereocenters. The van der Waals surface area contributed by atoms with Gasteiger partial charge in [0.15, 0.2) is 0 Å². The Morgan fingerprint density at radius 2 is 1.69 bits per heavy atom. The van der Waals surface area contributed by atoms with Crippen LogP contribution >= 0.6 is 0 Å². The Morgan fingerprint density at radius 3 is 2.06 bits per heavy atom. The highest BCUT2D eigenvalue weighted by Crippen LogP contribution is 2.36. The van der Waals surface area contributed by atoms with Crippen LogP contribution in [0.1, 0.15) is 32.0 Å². The molecule has 0 aliphatic rings. The van der Waals surface area contributed by atoms with E-state index in [4.69, 9.17) is 0 Å². The maximum atomic E-state index is 12.2. The fourth-order valence-corrected chi connectivity index (χ4v) is 1.73. The first-order chi connectivity index (χ1) is 7.02. The minimum Gasteiger partial charge on any atom is -0.388 e. The van der Waals surface area contributed by atoms with Gasteiger partial charge in [-0.25, -0.2) is 4.68 Å². The average molecular weight is 236 g/mol. The molecule has 0 aliphatic heterocycles. The van der Waals surface area contributed by atoms with E-state index in [1.807, 2.05) is 20.8 Å². The van der Waals surface area contributed by atoms with E-state index in [1.54, 1.807) is 6.92 Å². The van der Waals surface area contributed by atoms with E-state index in [0.29, 0.717) is 11.3 Å². The molecule has 6 heteroatoms. The molecule has 0 saturated carbocycles. The van der Waals surface area contributed by atoms with Gasteiger partial charge in [-0.3, -0.25) is 0 Å². The predicted octanol–water partition coefficient (Wildman–Crippen LogP) is 2.92. The molecule has 0 unspecified atom stereocenters. The quantitative estimate of drug-likeness (QED) is 0.749. The van der Waals surface area contributed by atoms with Gasteiger partial charge >= 0.3 is 6.36 Å². The second-order valence-electron chi connectivity index (χ2n) is 4.69. The number of rotatable bonds is 1. The molecular formula is C10H15F3N2O. The molecule has 92 valence electrons. The normalized spacial score (nSPS) is 13.0. The van der Waals surface area contributed by atoms with Crippen LogP contribution in [0.15, 0.2) is 0 Å². The zero-order chi connectivity index (χ0) is 12.7. The second-order valence-corrected chi connectivity index (χ2v) is 4.69. The lowest BCUT2D eigenvalue weighted by Gasteiger charge is -2.20. The first kappa shape index (κ1) is 12.9. The van der Waals surface area contributed by atoms with Crippen molar-refractivity contribution in [2.45, 2.75) is 39.5 Å². The molecule has 3 nitrogen and oxygen atoms in total. The van der Waals surface area contributed by atoms with Crippen molar-refractivity contribution in [3.63, 3.8) is 0 Å². The second kappa shape index (κ2) is 3.68. The number of nitrogens with zero attached hydrogens (tertiary/aromatic N) is 2. The maximum Gasteiger partial charge on any atom is 0.574 e. The van der Waals surface area contributed by atoms with Crippen molar-refractivity contribution in [3.8, 4) is 5.88 Å². The molecule has 0 aliphatic carbocycles. The molecule has 16 heavy (non-hydrogen) atoms. The molecule has 1 rings (SSSR count). The van der Waals surface area contributed by atoms with Gasteiger partial charge in [0.25, 0.3) is 0 Å². The summed E-state index contributed by atoms with van der Waals surface area (Å²) >= 11 is 0. The minimum absolute atomic E-state index is 0.238. The molecular weight excluding hydrogens is 221 g/mol.